The van der Waals surface area contributed by atoms with Crippen molar-refractivity contribution in [3.63, 3.8) is 0 Å². The summed E-state index contributed by atoms with van der Waals surface area (Å²) in [6.07, 6.45) is -0.0190. The Hall–Kier alpha value is -3.98. The molecule has 2 aromatic carbocycles. The van der Waals surface area contributed by atoms with Gasteiger partial charge in [0.2, 0.25) is 0 Å². The molecule has 9 heteroatoms. The SMILES string of the molecule is COC(=O)c1sc(N2C(=O)C(=O)C(=C(O)c3ccc(OC(C)C)cc3)C2c2ccccc2)nc1C. The number of aliphatic hydroxyl groups is 1. The Kier molecular flexibility index (Phi) is 6.70. The molecule has 1 saturated heterocycles. The second kappa shape index (κ2) is 9.71. The minimum absolute atomic E-state index is 0.0190. The van der Waals surface area contributed by atoms with Crippen LogP contribution in [0.15, 0.2) is 60.2 Å². The lowest BCUT2D eigenvalue weighted by Crippen LogP contribution is -2.29. The van der Waals surface area contributed by atoms with E-state index in [1.807, 2.05) is 19.9 Å². The molecule has 3 aromatic rings. The molecule has 1 atom stereocenters. The molecule has 35 heavy (non-hydrogen) atoms. The summed E-state index contributed by atoms with van der Waals surface area (Å²) < 4.78 is 10.5. The molecule has 1 amide bonds. The molecule has 4 rings (SSSR count). The van der Waals surface area contributed by atoms with Crippen LogP contribution < -0.4 is 9.64 Å². The van der Waals surface area contributed by atoms with E-state index in [2.05, 4.69) is 4.98 Å². The van der Waals surface area contributed by atoms with Gasteiger partial charge in [0.05, 0.1) is 30.5 Å². The van der Waals surface area contributed by atoms with E-state index in [-0.39, 0.29) is 27.4 Å². The number of rotatable bonds is 6. The van der Waals surface area contributed by atoms with Gasteiger partial charge in [-0.1, -0.05) is 41.7 Å². The summed E-state index contributed by atoms with van der Waals surface area (Å²) in [5.41, 5.74) is 1.29. The van der Waals surface area contributed by atoms with Gasteiger partial charge in [-0.3, -0.25) is 14.5 Å². The molecule has 0 saturated carbocycles. The van der Waals surface area contributed by atoms with E-state index >= 15 is 0 Å². The van der Waals surface area contributed by atoms with Crippen molar-refractivity contribution in [1.29, 1.82) is 0 Å². The number of ketones is 1. The van der Waals surface area contributed by atoms with Gasteiger partial charge in [-0.25, -0.2) is 9.78 Å². The molecule has 0 spiro atoms. The number of Topliss-reactive ketones (excluding diaryl/α,β-unsaturated/α-hetero) is 1. The molecule has 2 heterocycles. The molecule has 180 valence electrons. The number of nitrogens with zero attached hydrogens (tertiary/aromatic N) is 2. The van der Waals surface area contributed by atoms with Crippen molar-refractivity contribution in [3.05, 3.63) is 81.9 Å². The van der Waals surface area contributed by atoms with Crippen molar-refractivity contribution >= 4 is 39.9 Å². The maximum Gasteiger partial charge on any atom is 0.350 e. The number of hydrogen-bond donors (Lipinski definition) is 1. The van der Waals surface area contributed by atoms with Gasteiger partial charge in [0.1, 0.15) is 16.4 Å². The van der Waals surface area contributed by atoms with Crippen LogP contribution in [0.25, 0.3) is 5.76 Å². The Morgan fingerprint density at radius 2 is 1.74 bits per heavy atom. The van der Waals surface area contributed by atoms with Crippen molar-refractivity contribution in [2.24, 2.45) is 0 Å². The lowest BCUT2D eigenvalue weighted by Gasteiger charge is -2.23. The van der Waals surface area contributed by atoms with Gasteiger partial charge in [-0.05, 0) is 50.6 Å². The van der Waals surface area contributed by atoms with Crippen molar-refractivity contribution in [3.8, 4) is 5.75 Å². The first-order valence-electron chi connectivity index (χ1n) is 10.9. The number of ether oxygens (including phenoxy) is 2. The first kappa shape index (κ1) is 24.2. The van der Waals surface area contributed by atoms with Gasteiger partial charge in [0.25, 0.3) is 5.78 Å². The summed E-state index contributed by atoms with van der Waals surface area (Å²) in [7, 11) is 1.26. The highest BCUT2D eigenvalue weighted by Crippen LogP contribution is 2.43. The quantitative estimate of drug-likeness (QED) is 0.231. The van der Waals surface area contributed by atoms with Crippen LogP contribution in [0, 0.1) is 6.92 Å². The lowest BCUT2D eigenvalue weighted by molar-refractivity contribution is -0.132. The molecule has 8 nitrogen and oxygen atoms in total. The van der Waals surface area contributed by atoms with Gasteiger partial charge in [0.15, 0.2) is 5.13 Å². The number of anilines is 1. The predicted octanol–water partition coefficient (Wildman–Crippen LogP) is 4.65. The Labute approximate surface area is 206 Å². The van der Waals surface area contributed by atoms with Gasteiger partial charge < -0.3 is 14.6 Å². The van der Waals surface area contributed by atoms with Crippen LogP contribution in [-0.4, -0.2) is 41.0 Å². The zero-order chi connectivity index (χ0) is 25.3. The summed E-state index contributed by atoms with van der Waals surface area (Å²) in [4.78, 5) is 44.4. The second-order valence-electron chi connectivity index (χ2n) is 8.17. The first-order chi connectivity index (χ1) is 16.7. The van der Waals surface area contributed by atoms with Crippen molar-refractivity contribution < 1.29 is 29.0 Å². The number of carbonyl (C=O) groups is 3. The first-order valence-corrected chi connectivity index (χ1v) is 11.7. The maximum atomic E-state index is 13.2. The molecule has 1 aliphatic rings. The summed E-state index contributed by atoms with van der Waals surface area (Å²) in [6, 6.07) is 14.6. The third-order valence-electron chi connectivity index (χ3n) is 5.42. The molecule has 0 radical (unpaired) electrons. The zero-order valence-corrected chi connectivity index (χ0v) is 20.5. The molecule has 1 unspecified atom stereocenters. The molecule has 1 aliphatic heterocycles. The van der Waals surface area contributed by atoms with Crippen LogP contribution >= 0.6 is 11.3 Å². The molecule has 1 N–H and O–H groups in total. The predicted molar refractivity (Wildman–Crippen MR) is 132 cm³/mol. The Morgan fingerprint density at radius 1 is 1.09 bits per heavy atom. The fourth-order valence-corrected chi connectivity index (χ4v) is 4.88. The maximum absolute atomic E-state index is 13.2. The number of benzene rings is 2. The Bertz CT molecular complexity index is 1310. The molecule has 0 aliphatic carbocycles. The van der Waals surface area contributed by atoms with E-state index in [1.165, 1.54) is 12.0 Å². The van der Waals surface area contributed by atoms with E-state index < -0.39 is 23.7 Å². The number of amides is 1. The average molecular weight is 493 g/mol. The standard InChI is InChI=1S/C26H24N2O6S/c1-14(2)34-18-12-10-17(11-13-18)21(29)19-20(16-8-6-5-7-9-16)28(24(31)22(19)30)26-27-15(3)23(35-26)25(32)33-4/h5-14,20,29H,1-4H3. The lowest BCUT2D eigenvalue weighted by atomic mass is 9.95. The number of esters is 1. The number of thiazole rings is 1. The van der Waals surface area contributed by atoms with Crippen molar-refractivity contribution in [2.75, 3.05) is 12.0 Å². The number of hydrogen-bond acceptors (Lipinski definition) is 8. The van der Waals surface area contributed by atoms with E-state index in [9.17, 15) is 19.5 Å². The third-order valence-corrected chi connectivity index (χ3v) is 6.56. The topological polar surface area (TPSA) is 106 Å². The molecule has 0 bridgehead atoms. The Balaban J connectivity index is 1.85. The van der Waals surface area contributed by atoms with Crippen LogP contribution in [0.1, 0.15) is 46.4 Å². The summed E-state index contributed by atoms with van der Waals surface area (Å²) in [6.45, 7) is 5.43. The van der Waals surface area contributed by atoms with E-state index in [0.29, 0.717) is 22.6 Å². The number of aryl methyl sites for hydroxylation is 1. The molecule has 1 aromatic heterocycles. The summed E-state index contributed by atoms with van der Waals surface area (Å²) in [5, 5.41) is 11.4. The monoisotopic (exact) mass is 492 g/mol. The summed E-state index contributed by atoms with van der Waals surface area (Å²) in [5.74, 6) is -1.96. The average Bonchev–Trinajstić information content (AvgIpc) is 3.35. The zero-order valence-electron chi connectivity index (χ0n) is 19.6. The highest BCUT2D eigenvalue weighted by molar-refractivity contribution is 7.17. The number of carbonyl (C=O) groups excluding carboxylic acids is 3. The minimum Gasteiger partial charge on any atom is -0.507 e. The van der Waals surface area contributed by atoms with Gasteiger partial charge in [0, 0.05) is 5.56 Å². The van der Waals surface area contributed by atoms with Gasteiger partial charge in [-0.15, -0.1) is 0 Å². The highest BCUT2D eigenvalue weighted by atomic mass is 32.1. The van der Waals surface area contributed by atoms with Crippen LogP contribution in [0.4, 0.5) is 5.13 Å². The number of aromatic nitrogens is 1. The normalized spacial score (nSPS) is 17.2. The number of methoxy groups -OCH3 is 1. The van der Waals surface area contributed by atoms with Gasteiger partial charge >= 0.3 is 11.9 Å². The van der Waals surface area contributed by atoms with Crippen LogP contribution in [0.3, 0.4) is 0 Å². The van der Waals surface area contributed by atoms with Gasteiger partial charge in [-0.2, -0.15) is 0 Å². The second-order valence-corrected chi connectivity index (χ2v) is 9.15. The fraction of sp³-hybridized carbons (Fsp3) is 0.231. The van der Waals surface area contributed by atoms with Crippen LogP contribution in [-0.2, 0) is 14.3 Å². The molecular formula is C26H24N2O6S. The van der Waals surface area contributed by atoms with Crippen LogP contribution in [0.2, 0.25) is 0 Å². The van der Waals surface area contributed by atoms with Crippen LogP contribution in [0.5, 0.6) is 5.75 Å². The smallest absolute Gasteiger partial charge is 0.350 e. The largest absolute Gasteiger partial charge is 0.507 e. The van der Waals surface area contributed by atoms with E-state index in [0.717, 1.165) is 11.3 Å². The highest BCUT2D eigenvalue weighted by Gasteiger charge is 2.48. The molecule has 1 fully saturated rings. The summed E-state index contributed by atoms with van der Waals surface area (Å²) >= 11 is 0.957. The molecular weight excluding hydrogens is 468 g/mol. The fourth-order valence-electron chi connectivity index (χ4n) is 3.87. The van der Waals surface area contributed by atoms with E-state index in [4.69, 9.17) is 9.47 Å². The minimum atomic E-state index is -0.932. The Morgan fingerprint density at radius 3 is 2.34 bits per heavy atom. The van der Waals surface area contributed by atoms with E-state index in [1.54, 1.807) is 55.5 Å². The van der Waals surface area contributed by atoms with Crippen molar-refractivity contribution in [1.82, 2.24) is 4.98 Å². The van der Waals surface area contributed by atoms with Crippen molar-refractivity contribution in [2.45, 2.75) is 32.9 Å². The third kappa shape index (κ3) is 4.54. The number of aliphatic hydroxyl groups excluding tert-OH is 1.